The van der Waals surface area contributed by atoms with E-state index in [9.17, 15) is 14.7 Å². The summed E-state index contributed by atoms with van der Waals surface area (Å²) in [6.07, 6.45) is 3.59. The Balaban J connectivity index is 1.51. The number of hydrogen-bond acceptors (Lipinski definition) is 4. The lowest BCUT2D eigenvalue weighted by Crippen LogP contribution is -2.45. The van der Waals surface area contributed by atoms with Crippen molar-refractivity contribution < 1.29 is 19.4 Å². The van der Waals surface area contributed by atoms with Crippen LogP contribution in [0.25, 0.3) is 0 Å². The van der Waals surface area contributed by atoms with Crippen molar-refractivity contribution >= 4 is 23.5 Å². The summed E-state index contributed by atoms with van der Waals surface area (Å²) >= 11 is 5.88. The van der Waals surface area contributed by atoms with Crippen LogP contribution in [0.2, 0.25) is 5.02 Å². The zero-order valence-corrected chi connectivity index (χ0v) is 18.2. The molecule has 4 N–H and O–H groups in total. The second kappa shape index (κ2) is 11.2. The van der Waals surface area contributed by atoms with Crippen molar-refractivity contribution in [3.63, 3.8) is 0 Å². The predicted octanol–water partition coefficient (Wildman–Crippen LogP) is 3.80. The summed E-state index contributed by atoms with van der Waals surface area (Å²) in [6, 6.07) is 13.7. The summed E-state index contributed by atoms with van der Waals surface area (Å²) in [5.74, 6) is -0.183. The number of halogens is 1. The van der Waals surface area contributed by atoms with Crippen molar-refractivity contribution in [1.29, 1.82) is 0 Å². The van der Waals surface area contributed by atoms with Gasteiger partial charge in [-0.25, -0.2) is 4.79 Å². The quantitative estimate of drug-likeness (QED) is 0.546. The molecule has 0 aromatic heterocycles. The van der Waals surface area contributed by atoms with Crippen molar-refractivity contribution in [3.05, 3.63) is 64.7 Å². The van der Waals surface area contributed by atoms with Crippen LogP contribution in [0.5, 0.6) is 5.75 Å². The Labute approximate surface area is 187 Å². The van der Waals surface area contributed by atoms with Gasteiger partial charge in [-0.05, 0) is 73.5 Å². The Kier molecular flexibility index (Phi) is 8.32. The van der Waals surface area contributed by atoms with E-state index in [4.69, 9.17) is 22.1 Å². The lowest BCUT2D eigenvalue weighted by atomic mass is 9.81. The fraction of sp³-hybridized carbons (Fsp3) is 0.417. The highest BCUT2D eigenvalue weighted by atomic mass is 35.5. The van der Waals surface area contributed by atoms with Gasteiger partial charge in [-0.2, -0.15) is 0 Å². The summed E-state index contributed by atoms with van der Waals surface area (Å²) in [6.45, 7) is 1.06. The monoisotopic (exact) mass is 444 g/mol. The highest BCUT2D eigenvalue weighted by Gasteiger charge is 2.29. The fourth-order valence-electron chi connectivity index (χ4n) is 3.85. The average Bonchev–Trinajstić information content (AvgIpc) is 2.79. The SMILES string of the molecule is NCC1CCC(C(=O)N[C@@H](Cc2ccc(OCc3ccc(Cl)cc3)cc2)C(=O)O)CC1. The molecule has 1 amide bonds. The molecule has 3 rings (SSSR count). The number of amides is 1. The van der Waals surface area contributed by atoms with E-state index < -0.39 is 12.0 Å². The molecule has 1 atom stereocenters. The molecule has 0 radical (unpaired) electrons. The van der Waals surface area contributed by atoms with Gasteiger partial charge in [-0.15, -0.1) is 0 Å². The van der Waals surface area contributed by atoms with Gasteiger partial charge in [0.25, 0.3) is 0 Å². The van der Waals surface area contributed by atoms with Gasteiger partial charge in [0.15, 0.2) is 0 Å². The van der Waals surface area contributed by atoms with Crippen LogP contribution in [0.3, 0.4) is 0 Å². The minimum atomic E-state index is -1.04. The number of nitrogens with two attached hydrogens (primary N) is 1. The van der Waals surface area contributed by atoms with Crippen molar-refractivity contribution in [1.82, 2.24) is 5.32 Å². The molecular weight excluding hydrogens is 416 g/mol. The van der Waals surface area contributed by atoms with E-state index in [2.05, 4.69) is 5.32 Å². The minimum absolute atomic E-state index is 0.131. The third-order valence-corrected chi connectivity index (χ3v) is 6.10. The maximum Gasteiger partial charge on any atom is 0.326 e. The van der Waals surface area contributed by atoms with E-state index in [0.717, 1.165) is 36.8 Å². The van der Waals surface area contributed by atoms with Gasteiger partial charge in [0.2, 0.25) is 5.91 Å². The molecule has 6 nitrogen and oxygen atoms in total. The Morgan fingerprint density at radius 1 is 1.03 bits per heavy atom. The second-order valence-corrected chi connectivity index (χ2v) is 8.55. The van der Waals surface area contributed by atoms with E-state index in [1.54, 1.807) is 12.1 Å². The molecule has 0 bridgehead atoms. The van der Waals surface area contributed by atoms with Crippen LogP contribution >= 0.6 is 11.6 Å². The molecule has 1 saturated carbocycles. The van der Waals surface area contributed by atoms with Gasteiger partial charge in [0.05, 0.1) is 0 Å². The predicted molar refractivity (Wildman–Crippen MR) is 120 cm³/mol. The molecule has 1 aliphatic rings. The topological polar surface area (TPSA) is 102 Å². The molecule has 1 fully saturated rings. The molecule has 0 saturated heterocycles. The summed E-state index contributed by atoms with van der Waals surface area (Å²) < 4.78 is 5.76. The Hall–Kier alpha value is -2.57. The molecule has 166 valence electrons. The first kappa shape index (κ1) is 23.1. The third kappa shape index (κ3) is 6.97. The van der Waals surface area contributed by atoms with Gasteiger partial charge in [-0.1, -0.05) is 35.9 Å². The first-order valence-electron chi connectivity index (χ1n) is 10.6. The van der Waals surface area contributed by atoms with Crippen LogP contribution < -0.4 is 15.8 Å². The van der Waals surface area contributed by atoms with Crippen molar-refractivity contribution in [3.8, 4) is 5.75 Å². The Morgan fingerprint density at radius 3 is 2.23 bits per heavy atom. The number of aliphatic carboxylic acids is 1. The van der Waals surface area contributed by atoms with Gasteiger partial charge in [-0.3, -0.25) is 4.79 Å². The minimum Gasteiger partial charge on any atom is -0.489 e. The number of rotatable bonds is 9. The zero-order valence-electron chi connectivity index (χ0n) is 17.4. The highest BCUT2D eigenvalue weighted by molar-refractivity contribution is 6.30. The number of benzene rings is 2. The summed E-state index contributed by atoms with van der Waals surface area (Å²) in [7, 11) is 0. The van der Waals surface area contributed by atoms with Crippen LogP contribution in [0.1, 0.15) is 36.8 Å². The molecular formula is C24H29ClN2O4. The number of carbonyl (C=O) groups excluding carboxylic acids is 1. The molecule has 0 unspecified atom stereocenters. The molecule has 31 heavy (non-hydrogen) atoms. The van der Waals surface area contributed by atoms with Crippen LogP contribution in [0.4, 0.5) is 0 Å². The largest absolute Gasteiger partial charge is 0.489 e. The number of carboxylic acids is 1. The summed E-state index contributed by atoms with van der Waals surface area (Å²) in [5.41, 5.74) is 7.52. The zero-order chi connectivity index (χ0) is 22.2. The normalized spacial score (nSPS) is 19.4. The molecule has 2 aromatic carbocycles. The number of carbonyl (C=O) groups is 2. The lowest BCUT2D eigenvalue weighted by Gasteiger charge is -2.27. The van der Waals surface area contributed by atoms with Crippen LogP contribution in [0, 0.1) is 11.8 Å². The van der Waals surface area contributed by atoms with Gasteiger partial charge in [0, 0.05) is 17.4 Å². The number of carboxylic acid groups (broad SMARTS) is 1. The number of ether oxygens (including phenoxy) is 1. The highest BCUT2D eigenvalue weighted by Crippen LogP contribution is 2.28. The molecule has 1 aliphatic carbocycles. The average molecular weight is 445 g/mol. The first-order chi connectivity index (χ1) is 14.9. The fourth-order valence-corrected chi connectivity index (χ4v) is 3.98. The van der Waals surface area contributed by atoms with Crippen molar-refractivity contribution in [2.24, 2.45) is 17.6 Å². The van der Waals surface area contributed by atoms with Gasteiger partial charge in [0.1, 0.15) is 18.4 Å². The second-order valence-electron chi connectivity index (χ2n) is 8.12. The molecule has 2 aromatic rings. The third-order valence-electron chi connectivity index (χ3n) is 5.85. The smallest absolute Gasteiger partial charge is 0.326 e. The molecule has 0 spiro atoms. The van der Waals surface area contributed by atoms with Crippen LogP contribution in [-0.4, -0.2) is 29.6 Å². The summed E-state index contributed by atoms with van der Waals surface area (Å²) in [4.78, 5) is 24.3. The van der Waals surface area contributed by atoms with E-state index in [0.29, 0.717) is 29.8 Å². The maximum atomic E-state index is 12.6. The van der Waals surface area contributed by atoms with E-state index in [1.165, 1.54) is 0 Å². The van der Waals surface area contributed by atoms with Crippen LogP contribution in [0.15, 0.2) is 48.5 Å². The number of hydrogen-bond donors (Lipinski definition) is 3. The van der Waals surface area contributed by atoms with Crippen LogP contribution in [-0.2, 0) is 22.6 Å². The molecule has 0 heterocycles. The van der Waals surface area contributed by atoms with Gasteiger partial charge >= 0.3 is 5.97 Å². The molecule has 0 aliphatic heterocycles. The first-order valence-corrected chi connectivity index (χ1v) is 11.0. The van der Waals surface area contributed by atoms with Crippen molar-refractivity contribution in [2.75, 3.05) is 6.54 Å². The maximum absolute atomic E-state index is 12.6. The molecule has 7 heteroatoms. The standard InChI is InChI=1S/C24H29ClN2O4/c25-20-9-3-18(4-10-20)15-31-21-11-5-16(6-12-21)13-22(24(29)30)27-23(28)19-7-1-17(14-26)2-8-19/h3-6,9-12,17,19,22H,1-2,7-8,13-15,26H2,(H,27,28)(H,29,30)/t17?,19?,22-/m0/s1. The van der Waals surface area contributed by atoms with E-state index in [1.807, 2.05) is 36.4 Å². The van der Waals surface area contributed by atoms with Gasteiger partial charge < -0.3 is 20.9 Å². The van der Waals surface area contributed by atoms with Crippen molar-refractivity contribution in [2.45, 2.75) is 44.8 Å². The lowest BCUT2D eigenvalue weighted by molar-refractivity contribution is -0.142. The Bertz CT molecular complexity index is 862. The number of nitrogens with one attached hydrogen (secondary N) is 1. The summed E-state index contributed by atoms with van der Waals surface area (Å²) in [5, 5.41) is 13.0. The Morgan fingerprint density at radius 2 is 1.65 bits per heavy atom. The van der Waals surface area contributed by atoms with E-state index >= 15 is 0 Å². The van der Waals surface area contributed by atoms with E-state index in [-0.39, 0.29) is 18.2 Å².